The molecule has 0 fully saturated rings. The van der Waals surface area contributed by atoms with E-state index in [1.165, 1.54) is 41.0 Å². The Morgan fingerprint density at radius 1 is 1.13 bits per heavy atom. The molecule has 2 heterocycles. The second kappa shape index (κ2) is 11.1. The molecule has 0 saturated carbocycles. The quantitative estimate of drug-likeness (QED) is 0.246. The highest BCUT2D eigenvalue weighted by Gasteiger charge is 2.26. The van der Waals surface area contributed by atoms with E-state index in [0.717, 1.165) is 0 Å². The van der Waals surface area contributed by atoms with Gasteiger partial charge in [-0.2, -0.15) is 13.2 Å². The predicted molar refractivity (Wildman–Crippen MR) is 136 cm³/mol. The van der Waals surface area contributed by atoms with Crippen LogP contribution in [0.15, 0.2) is 54.7 Å². The number of nitrogens with one attached hydrogen (secondary N) is 2. The van der Waals surface area contributed by atoms with Gasteiger partial charge in [-0.1, -0.05) is 32.0 Å². The monoisotopic (exact) mass is 529 g/mol. The van der Waals surface area contributed by atoms with Gasteiger partial charge < -0.3 is 15.4 Å². The molecule has 0 radical (unpaired) electrons. The molecule has 0 bridgehead atoms. The minimum absolute atomic E-state index is 0.0142. The summed E-state index contributed by atoms with van der Waals surface area (Å²) in [5, 5.41) is 10.1. The summed E-state index contributed by atoms with van der Waals surface area (Å²) in [4.78, 5) is 17.2. The smallest absolute Gasteiger partial charge is 0.390 e. The van der Waals surface area contributed by atoms with Crippen LogP contribution in [0, 0.1) is 18.7 Å². The van der Waals surface area contributed by atoms with Crippen molar-refractivity contribution in [2.45, 2.75) is 33.4 Å². The molecule has 0 aliphatic rings. The van der Waals surface area contributed by atoms with Gasteiger partial charge in [0.2, 0.25) is 5.88 Å². The first-order chi connectivity index (χ1) is 18.0. The average Bonchev–Trinajstić information content (AvgIpc) is 3.26. The summed E-state index contributed by atoms with van der Waals surface area (Å²) < 4.78 is 59.2. The van der Waals surface area contributed by atoms with Gasteiger partial charge in [-0.05, 0) is 36.6 Å². The van der Waals surface area contributed by atoms with Gasteiger partial charge >= 0.3 is 6.18 Å². The molecule has 0 aliphatic carbocycles. The molecule has 4 aromatic rings. The van der Waals surface area contributed by atoms with Crippen molar-refractivity contribution in [3.8, 4) is 22.9 Å². The second-order valence-electron chi connectivity index (χ2n) is 9.21. The minimum atomic E-state index is -4.34. The zero-order chi connectivity index (χ0) is 27.4. The number of hydrogen-bond donors (Lipinski definition) is 2. The Morgan fingerprint density at radius 2 is 1.89 bits per heavy atom. The van der Waals surface area contributed by atoms with Crippen molar-refractivity contribution in [1.82, 2.24) is 19.9 Å². The first-order valence-electron chi connectivity index (χ1n) is 12.0. The third kappa shape index (κ3) is 6.39. The van der Waals surface area contributed by atoms with Crippen LogP contribution in [-0.2, 0) is 0 Å². The lowest BCUT2D eigenvalue weighted by Crippen LogP contribution is -2.28. The summed E-state index contributed by atoms with van der Waals surface area (Å²) >= 11 is 0. The van der Waals surface area contributed by atoms with Crippen LogP contribution in [0.4, 0.5) is 23.2 Å². The molecule has 0 spiro atoms. The Kier molecular flexibility index (Phi) is 7.84. The van der Waals surface area contributed by atoms with E-state index in [9.17, 15) is 22.4 Å². The highest BCUT2D eigenvalue weighted by atomic mass is 19.4. The number of aromatic nitrogens is 3. The van der Waals surface area contributed by atoms with Crippen molar-refractivity contribution >= 4 is 17.2 Å². The molecular formula is C27H27F4N5O2. The highest BCUT2D eigenvalue weighted by Crippen LogP contribution is 2.31. The number of amides is 1. The number of carbonyl (C=O) groups excluding carboxylic acids is 1. The Balaban J connectivity index is 1.77. The van der Waals surface area contributed by atoms with Crippen LogP contribution in [0.25, 0.3) is 16.9 Å². The number of carbonyl (C=O) groups is 1. The summed E-state index contributed by atoms with van der Waals surface area (Å²) in [6.07, 6.45) is -3.87. The molecule has 2 aromatic heterocycles. The maximum absolute atomic E-state index is 13.7. The zero-order valence-corrected chi connectivity index (χ0v) is 21.1. The van der Waals surface area contributed by atoms with E-state index >= 15 is 0 Å². The molecule has 2 aromatic carbocycles. The fourth-order valence-electron chi connectivity index (χ4n) is 3.85. The Hall–Kier alpha value is -4.15. The van der Waals surface area contributed by atoms with Gasteiger partial charge in [0.05, 0.1) is 24.0 Å². The maximum atomic E-state index is 13.7. The van der Waals surface area contributed by atoms with Crippen LogP contribution in [-0.4, -0.2) is 39.8 Å². The summed E-state index contributed by atoms with van der Waals surface area (Å²) in [7, 11) is 0. The van der Waals surface area contributed by atoms with Gasteiger partial charge in [0.1, 0.15) is 11.6 Å². The molecule has 11 heteroatoms. The third-order valence-electron chi connectivity index (χ3n) is 5.71. The van der Waals surface area contributed by atoms with Crippen LogP contribution in [0.1, 0.15) is 36.2 Å². The van der Waals surface area contributed by atoms with E-state index in [1.54, 1.807) is 25.1 Å². The zero-order valence-electron chi connectivity index (χ0n) is 21.1. The van der Waals surface area contributed by atoms with Crippen molar-refractivity contribution in [2.75, 3.05) is 18.4 Å². The number of alkyl halides is 3. The SMILES string of the molecule is Cc1c(C(=O)NCC(C)C)cccc1-c1cnc2c(NCCC(F)(F)F)cc(Oc3cccc(F)c3)nn12. The standard InChI is InChI=1S/C27H27F4N5O2/c1-16(2)14-34-26(37)21-9-5-8-20(17(21)3)23-15-33-25-22(32-11-10-27(29,30)31)13-24(35-36(23)25)38-19-7-4-6-18(28)12-19/h4-9,12-13,15-16,32H,10-11,14H2,1-3H3,(H,34,37). The molecule has 38 heavy (non-hydrogen) atoms. The summed E-state index contributed by atoms with van der Waals surface area (Å²) in [6.45, 7) is 5.92. The van der Waals surface area contributed by atoms with E-state index in [1.807, 2.05) is 13.8 Å². The van der Waals surface area contributed by atoms with Crippen molar-refractivity contribution in [1.29, 1.82) is 0 Å². The van der Waals surface area contributed by atoms with E-state index in [2.05, 4.69) is 20.7 Å². The lowest BCUT2D eigenvalue weighted by Gasteiger charge is -2.14. The van der Waals surface area contributed by atoms with Crippen molar-refractivity contribution in [3.05, 3.63) is 71.7 Å². The van der Waals surface area contributed by atoms with Crippen LogP contribution < -0.4 is 15.4 Å². The molecule has 0 unspecified atom stereocenters. The van der Waals surface area contributed by atoms with Gasteiger partial charge in [0, 0.05) is 36.3 Å². The average molecular weight is 530 g/mol. The molecule has 1 amide bonds. The van der Waals surface area contributed by atoms with Gasteiger partial charge in [-0.3, -0.25) is 4.79 Å². The third-order valence-corrected chi connectivity index (χ3v) is 5.71. The van der Waals surface area contributed by atoms with Crippen LogP contribution in [0.3, 0.4) is 0 Å². The molecular weight excluding hydrogens is 502 g/mol. The predicted octanol–water partition coefficient (Wildman–Crippen LogP) is 6.39. The number of rotatable bonds is 9. The number of fused-ring (bicyclic) bond motifs is 1. The van der Waals surface area contributed by atoms with E-state index in [4.69, 9.17) is 4.74 Å². The molecule has 0 atom stereocenters. The van der Waals surface area contributed by atoms with Crippen molar-refractivity contribution < 1.29 is 27.1 Å². The Bertz CT molecular complexity index is 1450. The van der Waals surface area contributed by atoms with Crippen LogP contribution in [0.2, 0.25) is 0 Å². The molecule has 4 rings (SSSR count). The fraction of sp³-hybridized carbons (Fsp3) is 0.296. The number of hydrogen-bond acceptors (Lipinski definition) is 5. The summed E-state index contributed by atoms with van der Waals surface area (Å²) in [5.74, 6) is -0.270. The fourth-order valence-corrected chi connectivity index (χ4v) is 3.85. The number of anilines is 1. The number of imidazole rings is 1. The lowest BCUT2D eigenvalue weighted by atomic mass is 9.99. The number of nitrogens with zero attached hydrogens (tertiary/aromatic N) is 3. The van der Waals surface area contributed by atoms with Crippen molar-refractivity contribution in [3.63, 3.8) is 0 Å². The van der Waals surface area contributed by atoms with Crippen molar-refractivity contribution in [2.24, 2.45) is 5.92 Å². The highest BCUT2D eigenvalue weighted by molar-refractivity contribution is 5.97. The van der Waals surface area contributed by atoms with Gasteiger partial charge in [-0.15, -0.1) is 5.10 Å². The number of ether oxygens (including phenoxy) is 1. The lowest BCUT2D eigenvalue weighted by molar-refractivity contribution is -0.131. The van der Waals surface area contributed by atoms with Gasteiger partial charge in [-0.25, -0.2) is 13.9 Å². The minimum Gasteiger partial charge on any atom is -0.437 e. The largest absolute Gasteiger partial charge is 0.437 e. The van der Waals surface area contributed by atoms with E-state index in [-0.39, 0.29) is 34.8 Å². The molecule has 7 nitrogen and oxygen atoms in total. The van der Waals surface area contributed by atoms with E-state index < -0.39 is 25.0 Å². The molecule has 0 aliphatic heterocycles. The first kappa shape index (κ1) is 26.9. The normalized spacial score (nSPS) is 11.7. The number of halogens is 4. The first-order valence-corrected chi connectivity index (χ1v) is 12.0. The molecule has 200 valence electrons. The van der Waals surface area contributed by atoms with E-state index in [0.29, 0.717) is 28.9 Å². The van der Waals surface area contributed by atoms with Gasteiger partial charge in [0.15, 0.2) is 5.65 Å². The van der Waals surface area contributed by atoms with Gasteiger partial charge in [0.25, 0.3) is 5.91 Å². The molecule has 0 saturated heterocycles. The van der Waals surface area contributed by atoms with Crippen LogP contribution in [0.5, 0.6) is 11.6 Å². The summed E-state index contributed by atoms with van der Waals surface area (Å²) in [5.41, 5.74) is 2.84. The topological polar surface area (TPSA) is 80.5 Å². The van der Waals surface area contributed by atoms with Crippen LogP contribution >= 0.6 is 0 Å². The second-order valence-corrected chi connectivity index (χ2v) is 9.21. The Morgan fingerprint density at radius 3 is 2.61 bits per heavy atom. The summed E-state index contributed by atoms with van der Waals surface area (Å²) in [6, 6.07) is 12.1. The maximum Gasteiger partial charge on any atom is 0.390 e. The molecule has 2 N–H and O–H groups in total. The number of benzene rings is 2. The Labute approximate surface area is 216 Å².